The van der Waals surface area contributed by atoms with E-state index in [0.717, 1.165) is 8.95 Å². The Bertz CT molecular complexity index is 1040. The van der Waals surface area contributed by atoms with Crippen LogP contribution in [0.4, 0.5) is 0 Å². The first kappa shape index (κ1) is 16.9. The maximum Gasteiger partial charge on any atom is 0.0541 e. The van der Waals surface area contributed by atoms with Crippen LogP contribution in [-0.4, -0.2) is 4.57 Å². The van der Waals surface area contributed by atoms with Crippen molar-refractivity contribution in [3.63, 3.8) is 0 Å². The van der Waals surface area contributed by atoms with Crippen molar-refractivity contribution >= 4 is 53.7 Å². The molecule has 0 aliphatic carbocycles. The van der Waals surface area contributed by atoms with E-state index in [4.69, 9.17) is 0 Å². The quantitative estimate of drug-likeness (QED) is 0.277. The number of hydrogen-bond donors (Lipinski definition) is 0. The lowest BCUT2D eigenvalue weighted by atomic mass is 9.85. The number of halogens is 2. The molecular formula is C22H19Br2N. The number of fused-ring (bicyclic) bond motifs is 3. The summed E-state index contributed by atoms with van der Waals surface area (Å²) in [5.41, 5.74) is 5.13. The van der Waals surface area contributed by atoms with Crippen LogP contribution in [0.5, 0.6) is 0 Å². The summed E-state index contributed by atoms with van der Waals surface area (Å²) in [5.74, 6) is 0. The van der Waals surface area contributed by atoms with Gasteiger partial charge in [-0.15, -0.1) is 0 Å². The summed E-state index contributed by atoms with van der Waals surface area (Å²) in [6.45, 7) is 6.81. The minimum Gasteiger partial charge on any atom is -0.309 e. The molecule has 25 heavy (non-hydrogen) atoms. The predicted octanol–water partition coefficient (Wildman–Crippen LogP) is 7.61. The zero-order valence-electron chi connectivity index (χ0n) is 14.5. The summed E-state index contributed by atoms with van der Waals surface area (Å²) in [7, 11) is 0. The molecule has 0 aliphatic heterocycles. The topological polar surface area (TPSA) is 4.93 Å². The Labute approximate surface area is 164 Å². The standard InChI is InChI=1S/C22H19Br2N/c1-22(2,3)18-6-4-5-7-21(18)25-19-10-8-14(23)12-16(19)17-13-15(24)9-11-20(17)25/h4-13H,1-3H3. The van der Waals surface area contributed by atoms with Gasteiger partial charge in [0, 0.05) is 25.4 Å². The number of benzene rings is 3. The van der Waals surface area contributed by atoms with Gasteiger partial charge in [-0.25, -0.2) is 0 Å². The molecule has 3 aromatic carbocycles. The number of para-hydroxylation sites is 1. The van der Waals surface area contributed by atoms with Crippen molar-refractivity contribution in [3.8, 4) is 5.69 Å². The monoisotopic (exact) mass is 455 g/mol. The number of rotatable bonds is 1. The van der Waals surface area contributed by atoms with E-state index in [9.17, 15) is 0 Å². The molecule has 0 fully saturated rings. The maximum atomic E-state index is 3.63. The van der Waals surface area contributed by atoms with Crippen molar-refractivity contribution < 1.29 is 0 Å². The summed E-state index contributed by atoms with van der Waals surface area (Å²) in [4.78, 5) is 0. The van der Waals surface area contributed by atoms with Gasteiger partial charge >= 0.3 is 0 Å². The Morgan fingerprint density at radius 3 is 1.76 bits per heavy atom. The number of hydrogen-bond acceptors (Lipinski definition) is 0. The molecule has 3 heteroatoms. The molecule has 0 aliphatic rings. The third-order valence-electron chi connectivity index (χ3n) is 4.64. The number of aromatic nitrogens is 1. The zero-order chi connectivity index (χ0) is 17.8. The minimum atomic E-state index is 0.0736. The highest BCUT2D eigenvalue weighted by molar-refractivity contribution is 9.10. The third-order valence-corrected chi connectivity index (χ3v) is 5.63. The van der Waals surface area contributed by atoms with E-state index in [2.05, 4.69) is 118 Å². The molecule has 0 amide bonds. The van der Waals surface area contributed by atoms with Crippen LogP contribution < -0.4 is 0 Å². The molecule has 0 saturated heterocycles. The predicted molar refractivity (Wildman–Crippen MR) is 115 cm³/mol. The molecule has 4 aromatic rings. The van der Waals surface area contributed by atoms with Gasteiger partial charge in [-0.05, 0) is 53.4 Å². The lowest BCUT2D eigenvalue weighted by Crippen LogP contribution is -2.15. The van der Waals surface area contributed by atoms with Gasteiger partial charge in [-0.1, -0.05) is 70.8 Å². The Kier molecular flexibility index (Phi) is 4.04. The fourth-order valence-corrected chi connectivity index (χ4v) is 4.25. The van der Waals surface area contributed by atoms with E-state index < -0.39 is 0 Å². The van der Waals surface area contributed by atoms with Gasteiger partial charge in [0.1, 0.15) is 0 Å². The second-order valence-electron chi connectivity index (χ2n) is 7.43. The molecule has 4 rings (SSSR count). The molecule has 126 valence electrons. The second-order valence-corrected chi connectivity index (χ2v) is 9.26. The fraction of sp³-hybridized carbons (Fsp3) is 0.182. The molecule has 0 bridgehead atoms. The second kappa shape index (κ2) is 6.00. The Balaban J connectivity index is 2.19. The van der Waals surface area contributed by atoms with E-state index in [0.29, 0.717) is 0 Å². The molecule has 0 spiro atoms. The molecule has 0 atom stereocenters. The Morgan fingerprint density at radius 1 is 0.720 bits per heavy atom. The van der Waals surface area contributed by atoms with Gasteiger partial charge in [0.05, 0.1) is 11.0 Å². The minimum absolute atomic E-state index is 0.0736. The molecule has 0 N–H and O–H groups in total. The van der Waals surface area contributed by atoms with Crippen LogP contribution >= 0.6 is 31.9 Å². The molecular weight excluding hydrogens is 438 g/mol. The van der Waals surface area contributed by atoms with Gasteiger partial charge in [0.25, 0.3) is 0 Å². The first-order valence-electron chi connectivity index (χ1n) is 8.35. The van der Waals surface area contributed by atoms with Crippen molar-refractivity contribution in [1.82, 2.24) is 4.57 Å². The lowest BCUT2D eigenvalue weighted by molar-refractivity contribution is 0.587. The van der Waals surface area contributed by atoms with Crippen LogP contribution in [0.3, 0.4) is 0 Å². The smallest absolute Gasteiger partial charge is 0.0541 e. The Morgan fingerprint density at radius 2 is 1.24 bits per heavy atom. The first-order valence-corrected chi connectivity index (χ1v) is 9.94. The van der Waals surface area contributed by atoms with Gasteiger partial charge in [0.15, 0.2) is 0 Å². The van der Waals surface area contributed by atoms with Gasteiger partial charge < -0.3 is 4.57 Å². The van der Waals surface area contributed by atoms with E-state index in [1.54, 1.807) is 0 Å². The molecule has 1 heterocycles. The van der Waals surface area contributed by atoms with Crippen LogP contribution in [0.25, 0.3) is 27.5 Å². The van der Waals surface area contributed by atoms with Crippen LogP contribution in [0.1, 0.15) is 26.3 Å². The van der Waals surface area contributed by atoms with Gasteiger partial charge in [-0.3, -0.25) is 0 Å². The third kappa shape index (κ3) is 2.84. The summed E-state index contributed by atoms with van der Waals surface area (Å²) in [6.07, 6.45) is 0. The Hall–Kier alpha value is -1.58. The highest BCUT2D eigenvalue weighted by Crippen LogP contribution is 2.38. The highest BCUT2D eigenvalue weighted by atomic mass is 79.9. The molecule has 1 nitrogen and oxygen atoms in total. The van der Waals surface area contributed by atoms with Crippen molar-refractivity contribution in [1.29, 1.82) is 0 Å². The van der Waals surface area contributed by atoms with Crippen molar-refractivity contribution in [2.24, 2.45) is 0 Å². The maximum absolute atomic E-state index is 3.63. The fourth-order valence-electron chi connectivity index (χ4n) is 3.53. The van der Waals surface area contributed by atoms with Crippen LogP contribution in [0.15, 0.2) is 69.6 Å². The van der Waals surface area contributed by atoms with Crippen LogP contribution in [0, 0.1) is 0 Å². The lowest BCUT2D eigenvalue weighted by Gasteiger charge is -2.24. The highest BCUT2D eigenvalue weighted by Gasteiger charge is 2.21. The average molecular weight is 457 g/mol. The summed E-state index contributed by atoms with van der Waals surface area (Å²) in [6, 6.07) is 21.8. The van der Waals surface area contributed by atoms with E-state index in [-0.39, 0.29) is 5.41 Å². The van der Waals surface area contributed by atoms with Gasteiger partial charge in [-0.2, -0.15) is 0 Å². The largest absolute Gasteiger partial charge is 0.309 e. The average Bonchev–Trinajstić information content (AvgIpc) is 2.87. The zero-order valence-corrected chi connectivity index (χ0v) is 17.6. The van der Waals surface area contributed by atoms with Crippen LogP contribution in [-0.2, 0) is 5.41 Å². The molecule has 0 radical (unpaired) electrons. The normalized spacial score (nSPS) is 12.2. The van der Waals surface area contributed by atoms with Crippen LogP contribution in [0.2, 0.25) is 0 Å². The van der Waals surface area contributed by atoms with E-state index in [1.807, 2.05) is 0 Å². The van der Waals surface area contributed by atoms with Crippen molar-refractivity contribution in [2.75, 3.05) is 0 Å². The summed E-state index contributed by atoms with van der Waals surface area (Å²) < 4.78 is 4.59. The SMILES string of the molecule is CC(C)(C)c1ccccc1-n1c2ccc(Br)cc2c2cc(Br)ccc21. The first-order chi connectivity index (χ1) is 11.9. The van der Waals surface area contributed by atoms with E-state index in [1.165, 1.54) is 33.1 Å². The van der Waals surface area contributed by atoms with Crippen molar-refractivity contribution in [2.45, 2.75) is 26.2 Å². The molecule has 0 unspecified atom stereocenters. The van der Waals surface area contributed by atoms with E-state index >= 15 is 0 Å². The molecule has 1 aromatic heterocycles. The summed E-state index contributed by atoms with van der Waals surface area (Å²) in [5, 5.41) is 2.52. The number of nitrogens with zero attached hydrogens (tertiary/aromatic N) is 1. The summed E-state index contributed by atoms with van der Waals surface area (Å²) >= 11 is 7.25. The van der Waals surface area contributed by atoms with Crippen molar-refractivity contribution in [3.05, 3.63) is 75.2 Å². The molecule has 0 saturated carbocycles. The van der Waals surface area contributed by atoms with Gasteiger partial charge in [0.2, 0.25) is 0 Å².